The van der Waals surface area contributed by atoms with E-state index in [1.54, 1.807) is 0 Å². The molecule has 1 amide bonds. The van der Waals surface area contributed by atoms with Crippen molar-refractivity contribution in [3.05, 3.63) is 0 Å². The van der Waals surface area contributed by atoms with E-state index < -0.39 is 0 Å². The molecule has 2 rings (SSSR count). The monoisotopic (exact) mass is 239 g/mol. The summed E-state index contributed by atoms with van der Waals surface area (Å²) in [6.07, 6.45) is 6.28. The van der Waals surface area contributed by atoms with E-state index in [4.69, 9.17) is 0 Å². The number of nitrogens with zero attached hydrogens (tertiary/aromatic N) is 2. The van der Waals surface area contributed by atoms with Crippen LogP contribution in [0.3, 0.4) is 0 Å². The van der Waals surface area contributed by atoms with Gasteiger partial charge in [-0.1, -0.05) is 12.8 Å². The van der Waals surface area contributed by atoms with Gasteiger partial charge in [0.1, 0.15) is 0 Å². The molecule has 4 heteroatoms. The van der Waals surface area contributed by atoms with Crippen LogP contribution in [0.25, 0.3) is 0 Å². The van der Waals surface area contributed by atoms with Crippen molar-refractivity contribution in [2.24, 2.45) is 0 Å². The van der Waals surface area contributed by atoms with Gasteiger partial charge in [0.15, 0.2) is 0 Å². The van der Waals surface area contributed by atoms with Crippen molar-refractivity contribution in [3.8, 4) is 0 Å². The zero-order valence-corrected chi connectivity index (χ0v) is 11.0. The molecule has 1 saturated heterocycles. The molecule has 1 aliphatic carbocycles. The third-order valence-electron chi connectivity index (χ3n) is 4.03. The number of hydrogen-bond donors (Lipinski definition) is 1. The van der Waals surface area contributed by atoms with Gasteiger partial charge in [-0.3, -0.25) is 9.69 Å². The fourth-order valence-corrected chi connectivity index (χ4v) is 2.88. The van der Waals surface area contributed by atoms with Crippen molar-refractivity contribution in [1.29, 1.82) is 0 Å². The third-order valence-corrected chi connectivity index (χ3v) is 4.03. The summed E-state index contributed by atoms with van der Waals surface area (Å²) in [5.41, 5.74) is 0. The molecule has 17 heavy (non-hydrogen) atoms. The summed E-state index contributed by atoms with van der Waals surface area (Å²) in [7, 11) is 2.10. The van der Waals surface area contributed by atoms with Crippen LogP contribution < -0.4 is 5.32 Å². The minimum absolute atomic E-state index is 0.308. The SMILES string of the molecule is CN(CC(=O)N1CCCNCC1)C1CCCC1. The Balaban J connectivity index is 1.78. The van der Waals surface area contributed by atoms with Gasteiger partial charge in [0.25, 0.3) is 0 Å². The molecule has 0 radical (unpaired) electrons. The first-order valence-electron chi connectivity index (χ1n) is 6.96. The van der Waals surface area contributed by atoms with Gasteiger partial charge in [-0.25, -0.2) is 0 Å². The third kappa shape index (κ3) is 3.68. The summed E-state index contributed by atoms with van der Waals surface area (Å²) in [6, 6.07) is 0.643. The molecule has 2 aliphatic rings. The molecule has 0 aromatic rings. The topological polar surface area (TPSA) is 35.6 Å². The first-order valence-corrected chi connectivity index (χ1v) is 6.96. The van der Waals surface area contributed by atoms with Crippen LogP contribution in [-0.4, -0.2) is 61.5 Å². The summed E-state index contributed by atoms with van der Waals surface area (Å²) in [5, 5.41) is 3.33. The standard InChI is InChI=1S/C13H25N3O/c1-15(12-5-2-3-6-12)11-13(17)16-9-4-7-14-8-10-16/h12,14H,2-11H2,1H3. The van der Waals surface area contributed by atoms with Crippen LogP contribution in [-0.2, 0) is 4.79 Å². The van der Waals surface area contributed by atoms with Crippen LogP contribution in [0.4, 0.5) is 0 Å². The average molecular weight is 239 g/mol. The second-order valence-electron chi connectivity index (χ2n) is 5.34. The Labute approximate surface area is 104 Å². The molecule has 1 aliphatic heterocycles. The Hall–Kier alpha value is -0.610. The average Bonchev–Trinajstić information content (AvgIpc) is 2.71. The second kappa shape index (κ2) is 6.36. The second-order valence-corrected chi connectivity index (χ2v) is 5.34. The smallest absolute Gasteiger partial charge is 0.236 e. The first-order chi connectivity index (χ1) is 8.27. The fourth-order valence-electron chi connectivity index (χ4n) is 2.88. The summed E-state index contributed by atoms with van der Waals surface area (Å²) >= 11 is 0. The van der Waals surface area contributed by atoms with E-state index in [1.165, 1.54) is 25.7 Å². The van der Waals surface area contributed by atoms with Crippen LogP contribution in [0.1, 0.15) is 32.1 Å². The van der Waals surface area contributed by atoms with E-state index in [0.717, 1.165) is 32.6 Å². The Morgan fingerprint density at radius 3 is 2.76 bits per heavy atom. The molecule has 1 heterocycles. The van der Waals surface area contributed by atoms with Gasteiger partial charge in [-0.15, -0.1) is 0 Å². The van der Waals surface area contributed by atoms with Crippen molar-refractivity contribution >= 4 is 5.91 Å². The van der Waals surface area contributed by atoms with Gasteiger partial charge in [0.05, 0.1) is 6.54 Å². The zero-order chi connectivity index (χ0) is 12.1. The maximum atomic E-state index is 12.2. The quantitative estimate of drug-likeness (QED) is 0.787. The maximum absolute atomic E-state index is 12.2. The molecule has 0 aromatic heterocycles. The highest BCUT2D eigenvalue weighted by Crippen LogP contribution is 2.22. The van der Waals surface area contributed by atoms with Crippen LogP contribution >= 0.6 is 0 Å². The number of hydrogen-bond acceptors (Lipinski definition) is 3. The molecule has 0 unspecified atom stereocenters. The number of carbonyl (C=O) groups excluding carboxylic acids is 1. The van der Waals surface area contributed by atoms with Gasteiger partial charge in [0.2, 0.25) is 5.91 Å². The first kappa shape index (κ1) is 12.8. The van der Waals surface area contributed by atoms with Crippen LogP contribution in [0, 0.1) is 0 Å². The van der Waals surface area contributed by atoms with Crippen LogP contribution in [0.5, 0.6) is 0 Å². The molecule has 0 aromatic carbocycles. The van der Waals surface area contributed by atoms with Crippen LogP contribution in [0.15, 0.2) is 0 Å². The van der Waals surface area contributed by atoms with Gasteiger partial charge in [0, 0.05) is 25.7 Å². The molecular formula is C13H25N3O. The molecule has 2 fully saturated rings. The lowest BCUT2D eigenvalue weighted by Crippen LogP contribution is -2.43. The van der Waals surface area contributed by atoms with E-state index in [9.17, 15) is 4.79 Å². The summed E-state index contributed by atoms with van der Waals surface area (Å²) < 4.78 is 0. The molecule has 1 saturated carbocycles. The highest BCUT2D eigenvalue weighted by Gasteiger charge is 2.23. The van der Waals surface area contributed by atoms with Crippen LogP contribution in [0.2, 0.25) is 0 Å². The van der Waals surface area contributed by atoms with Gasteiger partial charge in [-0.2, -0.15) is 0 Å². The normalized spacial score (nSPS) is 23.1. The number of amides is 1. The zero-order valence-electron chi connectivity index (χ0n) is 11.0. The molecule has 98 valence electrons. The predicted octanol–water partition coefficient (Wildman–Crippen LogP) is 0.683. The lowest BCUT2D eigenvalue weighted by Gasteiger charge is -2.27. The van der Waals surface area contributed by atoms with Crippen molar-refractivity contribution in [2.45, 2.75) is 38.1 Å². The highest BCUT2D eigenvalue weighted by atomic mass is 16.2. The predicted molar refractivity (Wildman–Crippen MR) is 69.0 cm³/mol. The van der Waals surface area contributed by atoms with E-state index in [-0.39, 0.29) is 0 Å². The molecular weight excluding hydrogens is 214 g/mol. The highest BCUT2D eigenvalue weighted by molar-refractivity contribution is 5.78. The molecule has 0 spiro atoms. The van der Waals surface area contributed by atoms with Crippen molar-refractivity contribution in [1.82, 2.24) is 15.1 Å². The lowest BCUT2D eigenvalue weighted by molar-refractivity contribution is -0.132. The molecule has 0 atom stereocenters. The largest absolute Gasteiger partial charge is 0.340 e. The lowest BCUT2D eigenvalue weighted by atomic mass is 10.2. The summed E-state index contributed by atoms with van der Waals surface area (Å²) in [4.78, 5) is 16.5. The van der Waals surface area contributed by atoms with Gasteiger partial charge < -0.3 is 10.2 Å². The van der Waals surface area contributed by atoms with Crippen molar-refractivity contribution in [3.63, 3.8) is 0 Å². The Morgan fingerprint density at radius 2 is 2.00 bits per heavy atom. The summed E-state index contributed by atoms with van der Waals surface area (Å²) in [6.45, 7) is 4.38. The minimum Gasteiger partial charge on any atom is -0.340 e. The minimum atomic E-state index is 0.308. The van der Waals surface area contributed by atoms with E-state index in [1.807, 2.05) is 4.90 Å². The Morgan fingerprint density at radius 1 is 1.24 bits per heavy atom. The van der Waals surface area contributed by atoms with Gasteiger partial charge >= 0.3 is 0 Å². The number of likely N-dealkylation sites (N-methyl/N-ethyl adjacent to an activating group) is 1. The Bertz CT molecular complexity index is 243. The van der Waals surface area contributed by atoms with E-state index in [2.05, 4.69) is 17.3 Å². The molecule has 0 bridgehead atoms. The van der Waals surface area contributed by atoms with E-state index in [0.29, 0.717) is 18.5 Å². The molecule has 4 nitrogen and oxygen atoms in total. The van der Waals surface area contributed by atoms with Crippen molar-refractivity contribution in [2.75, 3.05) is 39.8 Å². The van der Waals surface area contributed by atoms with E-state index >= 15 is 0 Å². The van der Waals surface area contributed by atoms with Gasteiger partial charge in [-0.05, 0) is 32.9 Å². The maximum Gasteiger partial charge on any atom is 0.236 e. The fraction of sp³-hybridized carbons (Fsp3) is 0.923. The summed E-state index contributed by atoms with van der Waals surface area (Å²) in [5.74, 6) is 0.308. The molecule has 1 N–H and O–H groups in total. The number of nitrogens with one attached hydrogen (secondary N) is 1. The number of carbonyl (C=O) groups is 1. The van der Waals surface area contributed by atoms with Crippen molar-refractivity contribution < 1.29 is 4.79 Å². The Kier molecular flexibility index (Phi) is 4.80. The number of rotatable bonds is 3.